The van der Waals surface area contributed by atoms with Crippen LogP contribution in [0.2, 0.25) is 0 Å². The molecule has 4 rings (SSSR count). The van der Waals surface area contributed by atoms with Crippen LogP contribution in [0, 0.1) is 0 Å². The van der Waals surface area contributed by atoms with Crippen LogP contribution < -0.4 is 0 Å². The van der Waals surface area contributed by atoms with Gasteiger partial charge in [-0.3, -0.25) is 4.79 Å². The molecule has 2 heteroatoms. The summed E-state index contributed by atoms with van der Waals surface area (Å²) in [4.78, 5) is 12.5. The van der Waals surface area contributed by atoms with E-state index < -0.39 is 0 Å². The molecular weight excluding hydrogens is 224 g/mol. The molecule has 0 amide bonds. The molecule has 0 saturated heterocycles. The summed E-state index contributed by atoms with van der Waals surface area (Å²) in [6, 6.07) is 7.90. The zero-order valence-corrected chi connectivity index (χ0v) is 10.1. The van der Waals surface area contributed by atoms with Gasteiger partial charge in [-0.25, -0.2) is 0 Å². The number of rotatable bonds is 0. The van der Waals surface area contributed by atoms with Gasteiger partial charge in [0.15, 0.2) is 5.78 Å². The van der Waals surface area contributed by atoms with Gasteiger partial charge in [0.25, 0.3) is 0 Å². The minimum atomic E-state index is -0.128. The van der Waals surface area contributed by atoms with Crippen molar-refractivity contribution in [3.05, 3.63) is 64.6 Å². The third-order valence-electron chi connectivity index (χ3n) is 4.18. The second-order valence-electron chi connectivity index (χ2n) is 5.20. The minimum Gasteiger partial charge on any atom is -0.464 e. The third kappa shape index (κ3) is 0.969. The maximum Gasteiger partial charge on any atom is 0.196 e. The monoisotopic (exact) mass is 236 g/mol. The van der Waals surface area contributed by atoms with Crippen LogP contribution >= 0.6 is 0 Å². The van der Waals surface area contributed by atoms with Crippen LogP contribution in [-0.2, 0) is 5.41 Å². The predicted octanol–water partition coefficient (Wildman–Crippen LogP) is 3.55. The molecule has 0 radical (unpaired) electrons. The zero-order chi connectivity index (χ0) is 12.3. The molecule has 0 saturated carbocycles. The molecule has 1 atom stereocenters. The highest BCUT2D eigenvalue weighted by Crippen LogP contribution is 2.48. The van der Waals surface area contributed by atoms with E-state index in [-0.39, 0.29) is 11.2 Å². The highest BCUT2D eigenvalue weighted by atomic mass is 16.3. The van der Waals surface area contributed by atoms with E-state index in [0.717, 1.165) is 34.4 Å². The SMILES string of the molecule is C[C@@]12CC=Cc3occ(c31)C(=O)c1ccccc12. The first kappa shape index (κ1) is 9.89. The van der Waals surface area contributed by atoms with Crippen molar-refractivity contribution in [3.63, 3.8) is 0 Å². The Morgan fingerprint density at radius 1 is 1.22 bits per heavy atom. The molecule has 1 aromatic carbocycles. The molecule has 0 bridgehead atoms. The summed E-state index contributed by atoms with van der Waals surface area (Å²) in [5, 5.41) is 0. The Hall–Kier alpha value is -2.09. The van der Waals surface area contributed by atoms with Crippen LogP contribution in [0.25, 0.3) is 6.08 Å². The van der Waals surface area contributed by atoms with E-state index in [9.17, 15) is 4.79 Å². The number of ketones is 1. The lowest BCUT2D eigenvalue weighted by atomic mass is 9.64. The lowest BCUT2D eigenvalue weighted by molar-refractivity contribution is 0.103. The molecule has 88 valence electrons. The number of carbonyl (C=O) groups excluding carboxylic acids is 1. The normalized spacial score (nSPS) is 23.7. The van der Waals surface area contributed by atoms with E-state index in [2.05, 4.69) is 19.1 Å². The second-order valence-corrected chi connectivity index (χ2v) is 5.20. The van der Waals surface area contributed by atoms with Gasteiger partial charge < -0.3 is 4.42 Å². The number of hydrogen-bond acceptors (Lipinski definition) is 2. The zero-order valence-electron chi connectivity index (χ0n) is 10.1. The number of furan rings is 1. The van der Waals surface area contributed by atoms with Gasteiger partial charge >= 0.3 is 0 Å². The molecule has 2 aliphatic rings. The summed E-state index contributed by atoms with van der Waals surface area (Å²) >= 11 is 0. The Morgan fingerprint density at radius 2 is 2.06 bits per heavy atom. The number of fused-ring (bicyclic) bond motifs is 2. The second kappa shape index (κ2) is 3.02. The summed E-state index contributed by atoms with van der Waals surface area (Å²) in [6.45, 7) is 2.19. The molecule has 2 nitrogen and oxygen atoms in total. The maximum atomic E-state index is 12.5. The Bertz CT molecular complexity index is 706. The van der Waals surface area contributed by atoms with Crippen molar-refractivity contribution in [3.8, 4) is 0 Å². The van der Waals surface area contributed by atoms with Crippen LogP contribution in [0.4, 0.5) is 0 Å². The van der Waals surface area contributed by atoms with E-state index >= 15 is 0 Å². The van der Waals surface area contributed by atoms with E-state index in [0.29, 0.717) is 0 Å². The van der Waals surface area contributed by atoms with Crippen molar-refractivity contribution in [1.82, 2.24) is 0 Å². The summed E-state index contributed by atoms with van der Waals surface area (Å²) < 4.78 is 5.55. The fourth-order valence-corrected chi connectivity index (χ4v) is 3.29. The van der Waals surface area contributed by atoms with Gasteiger partial charge in [0.1, 0.15) is 12.0 Å². The molecule has 2 aliphatic carbocycles. The van der Waals surface area contributed by atoms with E-state index in [1.54, 1.807) is 6.26 Å². The van der Waals surface area contributed by atoms with Gasteiger partial charge in [-0.15, -0.1) is 0 Å². The molecular formula is C16H12O2. The van der Waals surface area contributed by atoms with Crippen molar-refractivity contribution in [1.29, 1.82) is 0 Å². The Labute approximate surface area is 105 Å². The molecule has 0 spiro atoms. The first-order valence-electron chi connectivity index (χ1n) is 6.14. The fourth-order valence-electron chi connectivity index (χ4n) is 3.29. The van der Waals surface area contributed by atoms with Gasteiger partial charge in [-0.1, -0.05) is 37.3 Å². The maximum absolute atomic E-state index is 12.5. The molecule has 0 aliphatic heterocycles. The van der Waals surface area contributed by atoms with Crippen molar-refractivity contribution >= 4 is 11.9 Å². The highest BCUT2D eigenvalue weighted by Gasteiger charge is 2.43. The first-order chi connectivity index (χ1) is 8.72. The molecule has 0 N–H and O–H groups in total. The molecule has 0 unspecified atom stereocenters. The van der Waals surface area contributed by atoms with Gasteiger partial charge in [0.2, 0.25) is 0 Å². The largest absolute Gasteiger partial charge is 0.464 e. The average Bonchev–Trinajstić information content (AvgIpc) is 2.83. The lowest BCUT2D eigenvalue weighted by Gasteiger charge is -2.36. The molecule has 1 aromatic heterocycles. The quantitative estimate of drug-likeness (QED) is 0.700. The van der Waals surface area contributed by atoms with Crippen LogP contribution in [0.3, 0.4) is 0 Å². The third-order valence-corrected chi connectivity index (χ3v) is 4.18. The van der Waals surface area contributed by atoms with Gasteiger partial charge in [0, 0.05) is 16.5 Å². The van der Waals surface area contributed by atoms with Gasteiger partial charge in [0.05, 0.1) is 5.56 Å². The summed E-state index contributed by atoms with van der Waals surface area (Å²) in [5.41, 5.74) is 3.60. The number of carbonyl (C=O) groups is 1. The van der Waals surface area contributed by atoms with E-state index in [4.69, 9.17) is 4.42 Å². The predicted molar refractivity (Wildman–Crippen MR) is 68.7 cm³/mol. The van der Waals surface area contributed by atoms with Crippen LogP contribution in [0.15, 0.2) is 41.0 Å². The molecule has 1 heterocycles. The summed E-state index contributed by atoms with van der Waals surface area (Å²) in [7, 11) is 0. The van der Waals surface area contributed by atoms with Gasteiger partial charge in [-0.2, -0.15) is 0 Å². The van der Waals surface area contributed by atoms with Crippen molar-refractivity contribution < 1.29 is 9.21 Å². The summed E-state index contributed by atoms with van der Waals surface area (Å²) in [5.74, 6) is 0.921. The standard InChI is InChI=1S/C16H12O2/c1-16-8-4-7-13-14(16)11(9-18-13)15(17)10-5-2-3-6-12(10)16/h2-7,9H,8H2,1H3/t16-/m0/s1. The topological polar surface area (TPSA) is 30.2 Å². The Kier molecular flexibility index (Phi) is 1.66. The van der Waals surface area contributed by atoms with Crippen molar-refractivity contribution in [2.24, 2.45) is 0 Å². The van der Waals surface area contributed by atoms with E-state index in [1.807, 2.05) is 24.3 Å². The lowest BCUT2D eigenvalue weighted by Crippen LogP contribution is -2.33. The van der Waals surface area contributed by atoms with Crippen LogP contribution in [-0.4, -0.2) is 5.78 Å². The smallest absolute Gasteiger partial charge is 0.196 e. The average molecular weight is 236 g/mol. The molecule has 2 aromatic rings. The Morgan fingerprint density at radius 3 is 2.94 bits per heavy atom. The first-order valence-corrected chi connectivity index (χ1v) is 6.14. The van der Waals surface area contributed by atoms with Crippen LogP contribution in [0.1, 0.15) is 46.2 Å². The fraction of sp³-hybridized carbons (Fsp3) is 0.188. The van der Waals surface area contributed by atoms with Crippen molar-refractivity contribution in [2.45, 2.75) is 18.8 Å². The number of benzene rings is 1. The summed E-state index contributed by atoms with van der Waals surface area (Å²) in [6.07, 6.45) is 6.62. The van der Waals surface area contributed by atoms with E-state index in [1.165, 1.54) is 0 Å². The van der Waals surface area contributed by atoms with Gasteiger partial charge in [-0.05, 0) is 18.1 Å². The molecule has 0 fully saturated rings. The van der Waals surface area contributed by atoms with Crippen molar-refractivity contribution in [2.75, 3.05) is 0 Å². The highest BCUT2D eigenvalue weighted by molar-refractivity contribution is 6.13. The number of allylic oxidation sites excluding steroid dienone is 1. The van der Waals surface area contributed by atoms with Crippen LogP contribution in [0.5, 0.6) is 0 Å². The Balaban J connectivity index is 2.15. The number of hydrogen-bond donors (Lipinski definition) is 0. The molecule has 18 heavy (non-hydrogen) atoms. The minimum absolute atomic E-state index is 0.0865.